The highest BCUT2D eigenvalue weighted by atomic mass is 16.6. The Morgan fingerprint density at radius 1 is 1.32 bits per heavy atom. The normalized spacial score (nSPS) is 15.2. The lowest BCUT2D eigenvalue weighted by atomic mass is 9.89. The number of nitrogen functional groups attached to an aromatic ring is 1. The predicted molar refractivity (Wildman–Crippen MR) is 110 cm³/mol. The Balaban J connectivity index is 1.97. The van der Waals surface area contributed by atoms with Gasteiger partial charge in [-0.1, -0.05) is 31.1 Å². The standard InChI is InChI=1S/C21H29N5O2/c1-21(2,3)26(5)20(27)28-19-16-17(25(4)13-23-16)15(18(22)24-19)12-11-14-9-7-6-8-10-14/h13-14H,6-10H2,1-5H3,(H2,22,24). The lowest BCUT2D eigenvalue weighted by molar-refractivity contribution is 0.123. The van der Waals surface area contributed by atoms with Crippen molar-refractivity contribution in [1.29, 1.82) is 0 Å². The van der Waals surface area contributed by atoms with Crippen molar-refractivity contribution in [3.05, 3.63) is 11.9 Å². The van der Waals surface area contributed by atoms with Crippen LogP contribution in [0.25, 0.3) is 11.0 Å². The summed E-state index contributed by atoms with van der Waals surface area (Å²) in [5.74, 6) is 7.35. The molecule has 3 rings (SSSR count). The number of hydrogen-bond donors (Lipinski definition) is 1. The van der Waals surface area contributed by atoms with Crippen LogP contribution in [-0.2, 0) is 7.05 Å². The van der Waals surface area contributed by atoms with Crippen molar-refractivity contribution in [2.24, 2.45) is 13.0 Å². The highest BCUT2D eigenvalue weighted by molar-refractivity contribution is 5.91. The van der Waals surface area contributed by atoms with Gasteiger partial charge in [0.2, 0.25) is 0 Å². The van der Waals surface area contributed by atoms with E-state index in [2.05, 4.69) is 21.8 Å². The number of amides is 1. The van der Waals surface area contributed by atoms with Gasteiger partial charge in [0.15, 0.2) is 5.52 Å². The number of fused-ring (bicyclic) bond motifs is 1. The molecule has 2 aromatic heterocycles. The van der Waals surface area contributed by atoms with E-state index < -0.39 is 6.09 Å². The van der Waals surface area contributed by atoms with Gasteiger partial charge in [-0.3, -0.25) is 0 Å². The molecule has 7 heteroatoms. The zero-order valence-corrected chi connectivity index (χ0v) is 17.4. The summed E-state index contributed by atoms with van der Waals surface area (Å²) in [5.41, 5.74) is 7.69. The van der Waals surface area contributed by atoms with Crippen molar-refractivity contribution < 1.29 is 9.53 Å². The van der Waals surface area contributed by atoms with E-state index in [9.17, 15) is 4.79 Å². The molecule has 0 unspecified atom stereocenters. The van der Waals surface area contributed by atoms with Gasteiger partial charge in [-0.25, -0.2) is 9.78 Å². The number of imidazole rings is 1. The maximum absolute atomic E-state index is 12.5. The minimum absolute atomic E-state index is 0.109. The fourth-order valence-corrected chi connectivity index (χ4v) is 3.26. The first-order valence-electron chi connectivity index (χ1n) is 9.76. The van der Waals surface area contributed by atoms with Crippen LogP contribution < -0.4 is 10.5 Å². The Bertz CT molecular complexity index is 940. The van der Waals surface area contributed by atoms with Crippen LogP contribution >= 0.6 is 0 Å². The quantitative estimate of drug-likeness (QED) is 0.759. The number of hydrogen-bond acceptors (Lipinski definition) is 5. The molecule has 7 nitrogen and oxygen atoms in total. The molecule has 0 radical (unpaired) electrons. The van der Waals surface area contributed by atoms with E-state index in [1.165, 1.54) is 24.2 Å². The second-order valence-corrected chi connectivity index (χ2v) is 8.43. The Morgan fingerprint density at radius 2 is 2.00 bits per heavy atom. The minimum atomic E-state index is -0.507. The van der Waals surface area contributed by atoms with Gasteiger partial charge < -0.3 is 19.9 Å². The van der Waals surface area contributed by atoms with Crippen molar-refractivity contribution in [3.63, 3.8) is 0 Å². The molecule has 1 amide bonds. The molecule has 2 aromatic rings. The van der Waals surface area contributed by atoms with Crippen LogP contribution in [0.5, 0.6) is 5.88 Å². The number of aryl methyl sites for hydroxylation is 1. The molecule has 0 atom stereocenters. The fraction of sp³-hybridized carbons (Fsp3) is 0.571. The van der Waals surface area contributed by atoms with E-state index in [-0.39, 0.29) is 17.2 Å². The number of anilines is 1. The number of ether oxygens (including phenoxy) is 1. The summed E-state index contributed by atoms with van der Waals surface area (Å²) in [5, 5.41) is 0. The van der Waals surface area contributed by atoms with E-state index in [4.69, 9.17) is 10.5 Å². The molecule has 0 bridgehead atoms. The average molecular weight is 383 g/mol. The minimum Gasteiger partial charge on any atom is -0.389 e. The third kappa shape index (κ3) is 4.06. The first-order chi connectivity index (χ1) is 13.2. The van der Waals surface area contributed by atoms with Crippen LogP contribution in [0.3, 0.4) is 0 Å². The van der Waals surface area contributed by atoms with Crippen LogP contribution in [0.1, 0.15) is 58.4 Å². The highest BCUT2D eigenvalue weighted by Crippen LogP contribution is 2.30. The van der Waals surface area contributed by atoms with Crippen molar-refractivity contribution >= 4 is 22.9 Å². The number of rotatable bonds is 1. The molecule has 150 valence electrons. The molecular formula is C21H29N5O2. The molecule has 0 saturated heterocycles. The molecule has 2 N–H and O–H groups in total. The Labute approximate surface area is 166 Å². The molecule has 0 spiro atoms. The monoisotopic (exact) mass is 383 g/mol. The summed E-state index contributed by atoms with van der Waals surface area (Å²) < 4.78 is 7.37. The largest absolute Gasteiger partial charge is 0.416 e. The summed E-state index contributed by atoms with van der Waals surface area (Å²) in [4.78, 5) is 22.7. The summed E-state index contributed by atoms with van der Waals surface area (Å²) in [6, 6.07) is 0. The average Bonchev–Trinajstić information content (AvgIpc) is 3.03. The van der Waals surface area contributed by atoms with Gasteiger partial charge >= 0.3 is 6.09 Å². The SMILES string of the molecule is CN(C(=O)Oc1nc(N)c(C#CC2CCCCC2)c2c1ncn2C)C(C)(C)C. The lowest BCUT2D eigenvalue weighted by Gasteiger charge is -2.30. The van der Waals surface area contributed by atoms with E-state index in [0.29, 0.717) is 17.0 Å². The molecule has 0 aliphatic heterocycles. The van der Waals surface area contributed by atoms with Crippen molar-refractivity contribution in [2.75, 3.05) is 12.8 Å². The second-order valence-electron chi connectivity index (χ2n) is 8.43. The molecule has 2 heterocycles. The number of nitrogens with zero attached hydrogens (tertiary/aromatic N) is 4. The maximum Gasteiger partial charge on any atom is 0.416 e. The van der Waals surface area contributed by atoms with Gasteiger partial charge in [0.1, 0.15) is 5.82 Å². The van der Waals surface area contributed by atoms with E-state index >= 15 is 0 Å². The van der Waals surface area contributed by atoms with Crippen molar-refractivity contribution in [1.82, 2.24) is 19.4 Å². The lowest BCUT2D eigenvalue weighted by Crippen LogP contribution is -2.44. The summed E-state index contributed by atoms with van der Waals surface area (Å²) >= 11 is 0. The van der Waals surface area contributed by atoms with Crippen LogP contribution in [0.2, 0.25) is 0 Å². The Kier molecular flexibility index (Phi) is 5.50. The van der Waals surface area contributed by atoms with E-state index in [1.807, 2.05) is 32.4 Å². The number of pyridine rings is 1. The van der Waals surface area contributed by atoms with Gasteiger partial charge in [-0.05, 0) is 33.6 Å². The number of nitrogens with two attached hydrogens (primary N) is 1. The van der Waals surface area contributed by atoms with Gasteiger partial charge in [0, 0.05) is 25.6 Å². The number of carbonyl (C=O) groups is 1. The zero-order valence-electron chi connectivity index (χ0n) is 17.4. The van der Waals surface area contributed by atoms with Gasteiger partial charge in [0.05, 0.1) is 17.4 Å². The third-order valence-corrected chi connectivity index (χ3v) is 5.33. The first-order valence-corrected chi connectivity index (χ1v) is 9.76. The molecular weight excluding hydrogens is 354 g/mol. The summed E-state index contributed by atoms with van der Waals surface area (Å²) in [6.45, 7) is 5.78. The maximum atomic E-state index is 12.5. The van der Waals surface area contributed by atoms with Crippen LogP contribution in [0.4, 0.5) is 10.6 Å². The van der Waals surface area contributed by atoms with Crippen LogP contribution in [0, 0.1) is 17.8 Å². The highest BCUT2D eigenvalue weighted by Gasteiger charge is 2.26. The number of aromatic nitrogens is 3. The Morgan fingerprint density at radius 3 is 2.64 bits per heavy atom. The zero-order chi connectivity index (χ0) is 20.5. The molecule has 1 aliphatic rings. The molecule has 1 saturated carbocycles. The smallest absolute Gasteiger partial charge is 0.389 e. The fourth-order valence-electron chi connectivity index (χ4n) is 3.26. The van der Waals surface area contributed by atoms with Gasteiger partial charge in [0.25, 0.3) is 5.88 Å². The molecule has 1 fully saturated rings. The first kappa shape index (κ1) is 20.0. The van der Waals surface area contributed by atoms with Crippen molar-refractivity contribution in [2.45, 2.75) is 58.4 Å². The van der Waals surface area contributed by atoms with E-state index in [0.717, 1.165) is 18.4 Å². The van der Waals surface area contributed by atoms with Crippen molar-refractivity contribution in [3.8, 4) is 17.7 Å². The van der Waals surface area contributed by atoms with Crippen LogP contribution in [0.15, 0.2) is 6.33 Å². The van der Waals surface area contributed by atoms with Gasteiger partial charge in [-0.2, -0.15) is 4.98 Å². The molecule has 0 aromatic carbocycles. The summed E-state index contributed by atoms with van der Waals surface area (Å²) in [7, 11) is 3.55. The topological polar surface area (TPSA) is 86.3 Å². The molecule has 28 heavy (non-hydrogen) atoms. The predicted octanol–water partition coefficient (Wildman–Crippen LogP) is 3.71. The summed E-state index contributed by atoms with van der Waals surface area (Å²) in [6.07, 6.45) is 7.15. The second kappa shape index (κ2) is 7.70. The number of carbonyl (C=O) groups excluding carboxylic acids is 1. The molecule has 1 aliphatic carbocycles. The van der Waals surface area contributed by atoms with Gasteiger partial charge in [-0.15, -0.1) is 0 Å². The van der Waals surface area contributed by atoms with Crippen LogP contribution in [-0.4, -0.2) is 38.1 Å². The Hall–Kier alpha value is -2.75. The third-order valence-electron chi connectivity index (χ3n) is 5.33. The van der Waals surface area contributed by atoms with E-state index in [1.54, 1.807) is 13.4 Å².